The summed E-state index contributed by atoms with van der Waals surface area (Å²) in [5.74, 6) is 1.14. The standard InChI is InChI=1S/C28H32N4O5S/c1-18-22-25(34)32(28(2,3)17-33)27(35)31(26(22)38-23(18)24-29-12-15-37-24)16-20(30-13-8-5-9-14-30)19-10-6-7-11-21(19)36-4/h6-7,10-12,15,17,20H,5,8-9,13-14,16H2,1-4H3. The number of aromatic nitrogens is 3. The number of nitrogens with zero attached hydrogens (tertiary/aromatic N) is 4. The first-order chi connectivity index (χ1) is 18.3. The number of carbonyl (C=O) groups excluding carboxylic acids is 1. The van der Waals surface area contributed by atoms with Crippen molar-refractivity contribution in [3.8, 4) is 16.5 Å². The third kappa shape index (κ3) is 4.41. The summed E-state index contributed by atoms with van der Waals surface area (Å²) in [5, 5.41) is 0.398. The number of fused-ring (bicyclic) bond motifs is 1. The summed E-state index contributed by atoms with van der Waals surface area (Å²) >= 11 is 1.31. The van der Waals surface area contributed by atoms with Gasteiger partial charge in [0, 0.05) is 12.1 Å². The van der Waals surface area contributed by atoms with Crippen molar-refractivity contribution in [3.05, 3.63) is 68.7 Å². The van der Waals surface area contributed by atoms with Gasteiger partial charge in [-0.1, -0.05) is 24.6 Å². The van der Waals surface area contributed by atoms with E-state index in [9.17, 15) is 14.4 Å². The van der Waals surface area contributed by atoms with Gasteiger partial charge in [0.25, 0.3) is 5.56 Å². The van der Waals surface area contributed by atoms with E-state index in [0.717, 1.165) is 41.8 Å². The summed E-state index contributed by atoms with van der Waals surface area (Å²) in [6.45, 7) is 7.07. The molecule has 0 N–H and O–H groups in total. The van der Waals surface area contributed by atoms with Crippen molar-refractivity contribution in [1.29, 1.82) is 0 Å². The predicted octanol–water partition coefficient (Wildman–Crippen LogP) is 4.36. The number of methoxy groups -OCH3 is 1. The Kier molecular flexibility index (Phi) is 7.11. The Balaban J connectivity index is 1.79. The smallest absolute Gasteiger partial charge is 0.333 e. The van der Waals surface area contributed by atoms with Crippen molar-refractivity contribution >= 4 is 27.8 Å². The maximum absolute atomic E-state index is 14.1. The Hall–Kier alpha value is -3.50. The summed E-state index contributed by atoms with van der Waals surface area (Å²) in [6.07, 6.45) is 6.98. The van der Waals surface area contributed by atoms with Crippen LogP contribution >= 0.6 is 11.3 Å². The minimum absolute atomic E-state index is 0.176. The quantitative estimate of drug-likeness (QED) is 0.309. The maximum Gasteiger partial charge on any atom is 0.333 e. The van der Waals surface area contributed by atoms with Gasteiger partial charge in [0.05, 0.1) is 29.6 Å². The fourth-order valence-corrected chi connectivity index (χ4v) is 6.61. The van der Waals surface area contributed by atoms with Crippen LogP contribution in [-0.4, -0.2) is 45.5 Å². The van der Waals surface area contributed by atoms with Gasteiger partial charge >= 0.3 is 5.69 Å². The van der Waals surface area contributed by atoms with Crippen LogP contribution in [-0.2, 0) is 16.9 Å². The highest BCUT2D eigenvalue weighted by Gasteiger charge is 2.32. The third-order valence-corrected chi connectivity index (χ3v) is 8.69. The van der Waals surface area contributed by atoms with Gasteiger partial charge in [-0.25, -0.2) is 14.3 Å². The van der Waals surface area contributed by atoms with Gasteiger partial charge in [-0.15, -0.1) is 11.3 Å². The van der Waals surface area contributed by atoms with Gasteiger partial charge in [0.15, 0.2) is 0 Å². The lowest BCUT2D eigenvalue weighted by Gasteiger charge is -2.36. The minimum atomic E-state index is -1.33. The Bertz CT molecular complexity index is 1580. The number of ether oxygens (including phenoxy) is 1. The average Bonchev–Trinajstić information content (AvgIpc) is 3.57. The van der Waals surface area contributed by atoms with Gasteiger partial charge in [0.2, 0.25) is 5.89 Å². The van der Waals surface area contributed by atoms with Gasteiger partial charge in [-0.3, -0.25) is 14.3 Å². The van der Waals surface area contributed by atoms with Crippen molar-refractivity contribution in [2.24, 2.45) is 0 Å². The molecule has 4 aromatic rings. The zero-order valence-corrected chi connectivity index (χ0v) is 22.9. The van der Waals surface area contributed by atoms with E-state index in [2.05, 4.69) is 9.88 Å². The molecule has 1 aliphatic heterocycles. The molecule has 4 heterocycles. The number of para-hydroxylation sites is 1. The second-order valence-corrected chi connectivity index (χ2v) is 11.2. The Labute approximate surface area is 224 Å². The summed E-state index contributed by atoms with van der Waals surface area (Å²) in [6, 6.07) is 7.68. The first-order valence-corrected chi connectivity index (χ1v) is 13.6. The zero-order valence-electron chi connectivity index (χ0n) is 22.1. The lowest BCUT2D eigenvalue weighted by atomic mass is 10.0. The number of thiophene rings is 1. The van der Waals surface area contributed by atoms with Crippen molar-refractivity contribution in [3.63, 3.8) is 0 Å². The molecule has 0 saturated carbocycles. The van der Waals surface area contributed by atoms with E-state index >= 15 is 0 Å². The lowest BCUT2D eigenvalue weighted by molar-refractivity contribution is -0.114. The molecule has 1 aromatic carbocycles. The maximum atomic E-state index is 14.1. The number of hydrogen-bond acceptors (Lipinski definition) is 8. The van der Waals surface area contributed by atoms with E-state index in [1.165, 1.54) is 24.0 Å². The van der Waals surface area contributed by atoms with Crippen molar-refractivity contribution in [2.45, 2.75) is 58.2 Å². The highest BCUT2D eigenvalue weighted by Crippen LogP contribution is 2.38. The molecule has 9 nitrogen and oxygen atoms in total. The van der Waals surface area contributed by atoms with Crippen LogP contribution in [0.3, 0.4) is 0 Å². The fourth-order valence-electron chi connectivity index (χ4n) is 5.36. The van der Waals surface area contributed by atoms with Crippen LogP contribution in [0, 0.1) is 6.92 Å². The molecule has 0 spiro atoms. The number of carbonyl (C=O) groups is 1. The number of aryl methyl sites for hydroxylation is 1. The van der Waals surface area contributed by atoms with E-state index < -0.39 is 16.8 Å². The average molecular weight is 537 g/mol. The number of piperidine rings is 1. The van der Waals surface area contributed by atoms with Crippen molar-refractivity contribution in [2.75, 3.05) is 20.2 Å². The zero-order chi connectivity index (χ0) is 27.0. The van der Waals surface area contributed by atoms with Crippen LogP contribution in [0.25, 0.3) is 21.0 Å². The van der Waals surface area contributed by atoms with E-state index in [1.54, 1.807) is 31.7 Å². The van der Waals surface area contributed by atoms with Crippen LogP contribution in [0.5, 0.6) is 5.75 Å². The molecule has 1 saturated heterocycles. The number of hydrogen-bond donors (Lipinski definition) is 0. The number of benzene rings is 1. The SMILES string of the molecule is COc1ccccc1C(Cn1c(=O)n(C(C)(C)C=O)c(=O)c2c(C)c(-c3ncco3)sc21)N1CCCCC1. The summed E-state index contributed by atoms with van der Waals surface area (Å²) < 4.78 is 14.0. The Morgan fingerprint density at radius 2 is 1.92 bits per heavy atom. The molecule has 200 valence electrons. The van der Waals surface area contributed by atoms with E-state index in [0.29, 0.717) is 32.8 Å². The molecular weight excluding hydrogens is 504 g/mol. The fraction of sp³-hybridized carbons (Fsp3) is 0.429. The van der Waals surface area contributed by atoms with Gasteiger partial charge in [-0.2, -0.15) is 0 Å². The molecule has 38 heavy (non-hydrogen) atoms. The van der Waals surface area contributed by atoms with Crippen LogP contribution in [0.4, 0.5) is 0 Å². The molecular formula is C28H32N4O5S. The van der Waals surface area contributed by atoms with Crippen LogP contribution in [0.15, 0.2) is 50.7 Å². The van der Waals surface area contributed by atoms with Crippen LogP contribution in [0.2, 0.25) is 0 Å². The minimum Gasteiger partial charge on any atom is -0.496 e. The molecule has 10 heteroatoms. The number of oxazole rings is 1. The monoisotopic (exact) mass is 536 g/mol. The number of likely N-dealkylation sites (tertiary alicyclic amines) is 1. The van der Waals surface area contributed by atoms with Crippen molar-refractivity contribution in [1.82, 2.24) is 19.0 Å². The predicted molar refractivity (Wildman–Crippen MR) is 147 cm³/mol. The number of aldehydes is 1. The molecule has 1 unspecified atom stereocenters. The summed E-state index contributed by atoms with van der Waals surface area (Å²) in [5.41, 5.74) is -0.681. The molecule has 0 aliphatic carbocycles. The highest BCUT2D eigenvalue weighted by molar-refractivity contribution is 7.22. The van der Waals surface area contributed by atoms with Crippen LogP contribution in [0.1, 0.15) is 50.3 Å². The first-order valence-electron chi connectivity index (χ1n) is 12.8. The van der Waals surface area contributed by atoms with E-state index in [1.807, 2.05) is 31.2 Å². The Morgan fingerprint density at radius 1 is 1.18 bits per heavy atom. The third-order valence-electron chi connectivity index (χ3n) is 7.39. The normalized spacial score (nSPS) is 15.6. The van der Waals surface area contributed by atoms with E-state index in [-0.39, 0.29) is 12.6 Å². The van der Waals surface area contributed by atoms with Gasteiger partial charge < -0.3 is 13.9 Å². The van der Waals surface area contributed by atoms with E-state index in [4.69, 9.17) is 9.15 Å². The largest absolute Gasteiger partial charge is 0.496 e. The second kappa shape index (κ2) is 10.3. The number of rotatable bonds is 8. The molecule has 1 aliphatic rings. The summed E-state index contributed by atoms with van der Waals surface area (Å²) in [4.78, 5) is 47.9. The molecule has 5 rings (SSSR count). The van der Waals surface area contributed by atoms with Gasteiger partial charge in [0.1, 0.15) is 28.7 Å². The molecule has 0 radical (unpaired) electrons. The van der Waals surface area contributed by atoms with Gasteiger partial charge in [-0.05, 0) is 58.3 Å². The molecule has 1 fully saturated rings. The molecule has 1 atom stereocenters. The topological polar surface area (TPSA) is 99.6 Å². The van der Waals surface area contributed by atoms with Crippen molar-refractivity contribution < 1.29 is 13.9 Å². The Morgan fingerprint density at radius 3 is 2.58 bits per heavy atom. The molecule has 0 bridgehead atoms. The second-order valence-electron chi connectivity index (χ2n) is 10.2. The molecule has 3 aromatic heterocycles. The highest BCUT2D eigenvalue weighted by atomic mass is 32.1. The summed E-state index contributed by atoms with van der Waals surface area (Å²) in [7, 11) is 1.65. The first kappa shape index (κ1) is 26.1. The molecule has 0 amide bonds. The van der Waals surface area contributed by atoms with Crippen LogP contribution < -0.4 is 16.0 Å². The lowest BCUT2D eigenvalue weighted by Crippen LogP contribution is -2.50.